The molecule has 7 nitrogen and oxygen atoms in total. The molecule has 2 rings (SSSR count). The molecule has 2 unspecified atom stereocenters. The number of aliphatic carboxylic acids is 1. The van der Waals surface area contributed by atoms with E-state index in [1.165, 1.54) is 11.8 Å². The summed E-state index contributed by atoms with van der Waals surface area (Å²) in [6, 6.07) is -1.09. The molecule has 2 fully saturated rings. The van der Waals surface area contributed by atoms with Crippen LogP contribution in [0.25, 0.3) is 0 Å². The van der Waals surface area contributed by atoms with Gasteiger partial charge in [-0.25, -0.2) is 8.42 Å². The molecule has 0 radical (unpaired) electrons. The zero-order valence-electron chi connectivity index (χ0n) is 10.3. The number of nitrogens with zero attached hydrogens (tertiary/aromatic N) is 1. The molecule has 0 amide bonds. The summed E-state index contributed by atoms with van der Waals surface area (Å²) in [6.07, 6.45) is 1.79. The topological polar surface area (TPSA) is 101 Å². The maximum absolute atomic E-state index is 12.2. The van der Waals surface area contributed by atoms with Crippen molar-refractivity contribution in [1.82, 2.24) is 4.31 Å². The summed E-state index contributed by atoms with van der Waals surface area (Å²) < 4.78 is 29.8. The second kappa shape index (κ2) is 5.29. The molecule has 1 aliphatic heterocycles. The van der Waals surface area contributed by atoms with Gasteiger partial charge in [0, 0.05) is 5.75 Å². The third-order valence-electron chi connectivity index (χ3n) is 3.14. The number of hydrogen-bond donors (Lipinski definition) is 1. The Hall–Kier alpha value is -0.800. The number of methoxy groups -OCH3 is 1. The van der Waals surface area contributed by atoms with Crippen LogP contribution in [-0.2, 0) is 24.3 Å². The van der Waals surface area contributed by atoms with E-state index in [4.69, 9.17) is 5.11 Å². The number of carbonyl (C=O) groups is 2. The first-order chi connectivity index (χ1) is 8.86. The van der Waals surface area contributed by atoms with Crippen molar-refractivity contribution in [2.45, 2.75) is 24.3 Å². The Labute approximate surface area is 115 Å². The Morgan fingerprint density at radius 1 is 1.42 bits per heavy atom. The van der Waals surface area contributed by atoms with E-state index >= 15 is 0 Å². The predicted molar refractivity (Wildman–Crippen MR) is 68.0 cm³/mol. The molecule has 1 aliphatic carbocycles. The molecular formula is C10H15NO6S2. The number of rotatable bonds is 5. The van der Waals surface area contributed by atoms with Gasteiger partial charge in [-0.15, -0.1) is 11.8 Å². The zero-order valence-corrected chi connectivity index (χ0v) is 11.9. The van der Waals surface area contributed by atoms with Gasteiger partial charge < -0.3 is 9.84 Å². The molecule has 0 aromatic rings. The Kier molecular flexibility index (Phi) is 4.07. The molecule has 0 bridgehead atoms. The van der Waals surface area contributed by atoms with Crippen molar-refractivity contribution in [1.29, 1.82) is 0 Å². The summed E-state index contributed by atoms with van der Waals surface area (Å²) in [5, 5.41) is 8.76. The molecule has 0 aromatic heterocycles. The van der Waals surface area contributed by atoms with Crippen molar-refractivity contribution in [3.63, 3.8) is 0 Å². The number of thioether (sulfide) groups is 1. The highest BCUT2D eigenvalue weighted by Crippen LogP contribution is 2.46. The molecule has 1 N–H and O–H groups in total. The average molecular weight is 309 g/mol. The first-order valence-electron chi connectivity index (χ1n) is 5.79. The number of esters is 1. The summed E-state index contributed by atoms with van der Waals surface area (Å²) in [6.45, 7) is 0. The smallest absolute Gasteiger partial charge is 0.322 e. The van der Waals surface area contributed by atoms with Crippen LogP contribution in [0.1, 0.15) is 12.8 Å². The fourth-order valence-corrected chi connectivity index (χ4v) is 5.85. The van der Waals surface area contributed by atoms with Crippen LogP contribution in [0.4, 0.5) is 0 Å². The van der Waals surface area contributed by atoms with Crippen molar-refractivity contribution >= 4 is 33.7 Å². The fraction of sp³-hybridized carbons (Fsp3) is 0.800. The Morgan fingerprint density at radius 3 is 2.53 bits per heavy atom. The normalized spacial score (nSPS) is 28.3. The summed E-state index contributed by atoms with van der Waals surface area (Å²) in [7, 11) is -2.86. The third-order valence-corrected chi connectivity index (χ3v) is 6.46. The summed E-state index contributed by atoms with van der Waals surface area (Å²) >= 11 is 1.33. The summed E-state index contributed by atoms with van der Waals surface area (Å²) in [4.78, 5) is 22.3. The number of hydrogen-bond acceptors (Lipinski definition) is 6. The third kappa shape index (κ3) is 3.03. The van der Waals surface area contributed by atoms with Crippen molar-refractivity contribution in [3.8, 4) is 0 Å². The van der Waals surface area contributed by atoms with Crippen LogP contribution in [0.5, 0.6) is 0 Å². The van der Waals surface area contributed by atoms with Crippen LogP contribution in [0.3, 0.4) is 0 Å². The highest BCUT2D eigenvalue weighted by Gasteiger charge is 2.51. The van der Waals surface area contributed by atoms with Crippen molar-refractivity contribution in [3.05, 3.63) is 0 Å². The van der Waals surface area contributed by atoms with Crippen LogP contribution in [0.2, 0.25) is 0 Å². The van der Waals surface area contributed by atoms with E-state index in [-0.39, 0.29) is 17.0 Å². The van der Waals surface area contributed by atoms with E-state index < -0.39 is 33.8 Å². The lowest BCUT2D eigenvalue weighted by Gasteiger charge is -2.25. The lowest BCUT2D eigenvalue weighted by atomic mass is 10.3. The molecule has 2 atom stereocenters. The van der Waals surface area contributed by atoms with Gasteiger partial charge in [0.1, 0.15) is 6.04 Å². The molecule has 2 aliphatic rings. The Morgan fingerprint density at radius 2 is 2.05 bits per heavy atom. The van der Waals surface area contributed by atoms with Crippen LogP contribution in [0.15, 0.2) is 0 Å². The molecular weight excluding hydrogens is 294 g/mol. The predicted octanol–water partition coefficient (Wildman–Crippen LogP) is -0.273. The zero-order chi connectivity index (χ0) is 14.2. The largest absolute Gasteiger partial charge is 0.480 e. The van der Waals surface area contributed by atoms with E-state index in [9.17, 15) is 18.0 Å². The minimum absolute atomic E-state index is 0.196. The average Bonchev–Trinajstić information content (AvgIpc) is 3.06. The van der Waals surface area contributed by atoms with E-state index in [1.807, 2.05) is 0 Å². The monoisotopic (exact) mass is 309 g/mol. The number of ether oxygens (including phenoxy) is 1. The van der Waals surface area contributed by atoms with E-state index in [0.717, 1.165) is 24.3 Å². The van der Waals surface area contributed by atoms with Gasteiger partial charge in [-0.2, -0.15) is 4.31 Å². The van der Waals surface area contributed by atoms with Gasteiger partial charge in [0.25, 0.3) is 0 Å². The van der Waals surface area contributed by atoms with Crippen LogP contribution in [-0.4, -0.2) is 59.8 Å². The van der Waals surface area contributed by atoms with E-state index in [0.29, 0.717) is 0 Å². The molecule has 1 saturated carbocycles. The second-order valence-electron chi connectivity index (χ2n) is 4.58. The molecule has 1 saturated heterocycles. The van der Waals surface area contributed by atoms with Gasteiger partial charge in [-0.3, -0.25) is 9.59 Å². The van der Waals surface area contributed by atoms with Crippen LogP contribution < -0.4 is 0 Å². The molecule has 19 heavy (non-hydrogen) atoms. The second-order valence-corrected chi connectivity index (χ2v) is 7.60. The number of carboxylic acids is 1. The number of sulfonamides is 1. The minimum atomic E-state index is -3.96. The lowest BCUT2D eigenvalue weighted by molar-refractivity contribution is -0.141. The van der Waals surface area contributed by atoms with Crippen molar-refractivity contribution in [2.75, 3.05) is 18.6 Å². The SMILES string of the molecule is COC(=O)CS(=O)(=O)N1C(C(=O)O)CSC1C1CC1. The molecule has 1 heterocycles. The van der Waals surface area contributed by atoms with Crippen LogP contribution in [0, 0.1) is 5.92 Å². The van der Waals surface area contributed by atoms with Gasteiger partial charge in [-0.1, -0.05) is 0 Å². The first-order valence-corrected chi connectivity index (χ1v) is 8.45. The first kappa shape index (κ1) is 14.6. The molecule has 108 valence electrons. The standard InChI is InChI=1S/C10H15NO6S2/c1-17-8(12)5-19(15,16)11-7(10(13)14)4-18-9(11)6-2-3-6/h6-7,9H,2-5H2,1H3,(H,13,14). The lowest BCUT2D eigenvalue weighted by Crippen LogP contribution is -2.48. The maximum atomic E-state index is 12.2. The molecule has 0 aromatic carbocycles. The number of carbonyl (C=O) groups excluding carboxylic acids is 1. The van der Waals surface area contributed by atoms with Crippen molar-refractivity contribution < 1.29 is 27.9 Å². The van der Waals surface area contributed by atoms with Gasteiger partial charge in [0.05, 0.1) is 12.5 Å². The van der Waals surface area contributed by atoms with Gasteiger partial charge in [0.2, 0.25) is 10.0 Å². The maximum Gasteiger partial charge on any atom is 0.322 e. The summed E-state index contributed by atoms with van der Waals surface area (Å²) in [5.74, 6) is -2.45. The van der Waals surface area contributed by atoms with Gasteiger partial charge in [-0.05, 0) is 18.8 Å². The number of carboxylic acid groups (broad SMARTS) is 1. The quantitative estimate of drug-likeness (QED) is 0.697. The van der Waals surface area contributed by atoms with Crippen LogP contribution >= 0.6 is 11.8 Å². The van der Waals surface area contributed by atoms with Gasteiger partial charge in [0.15, 0.2) is 5.75 Å². The van der Waals surface area contributed by atoms with E-state index in [1.54, 1.807) is 0 Å². The Bertz CT molecular complexity index is 486. The minimum Gasteiger partial charge on any atom is -0.480 e. The highest BCUT2D eigenvalue weighted by atomic mass is 32.2. The molecule has 9 heteroatoms. The molecule has 0 spiro atoms. The highest BCUT2D eigenvalue weighted by molar-refractivity contribution is 8.01. The fourth-order valence-electron chi connectivity index (χ4n) is 2.05. The Balaban J connectivity index is 2.24. The van der Waals surface area contributed by atoms with Crippen molar-refractivity contribution in [2.24, 2.45) is 5.92 Å². The van der Waals surface area contributed by atoms with Gasteiger partial charge >= 0.3 is 11.9 Å². The van der Waals surface area contributed by atoms with E-state index in [2.05, 4.69) is 4.74 Å². The summed E-state index contributed by atoms with van der Waals surface area (Å²) in [5.41, 5.74) is 0.